The Kier molecular flexibility index (Phi) is 6.41. The van der Waals surface area contributed by atoms with Crippen LogP contribution in [0.25, 0.3) is 0 Å². The Balaban J connectivity index is 1.32. The highest BCUT2D eigenvalue weighted by Crippen LogP contribution is 2.34. The first-order valence-electron chi connectivity index (χ1n) is 10.8. The number of amides is 4. The van der Waals surface area contributed by atoms with Gasteiger partial charge >= 0.3 is 0 Å². The number of benzene rings is 2. The number of nitrogens with one attached hydrogen (secondary N) is 1. The summed E-state index contributed by atoms with van der Waals surface area (Å²) in [6.07, 6.45) is 0.504. The minimum atomic E-state index is -0.323. The van der Waals surface area contributed by atoms with Crippen molar-refractivity contribution in [1.29, 1.82) is 0 Å². The maximum Gasteiger partial charge on any atom is 0.265 e. The second-order valence-electron chi connectivity index (χ2n) is 8.28. The zero-order valence-corrected chi connectivity index (χ0v) is 18.7. The molecule has 0 bridgehead atoms. The molecule has 4 amide bonds. The zero-order valence-electron chi connectivity index (χ0n) is 18.7. The smallest absolute Gasteiger partial charge is 0.265 e. The molecule has 172 valence electrons. The Morgan fingerprint density at radius 3 is 2.36 bits per heavy atom. The quantitative estimate of drug-likeness (QED) is 0.618. The number of carbonyl (C=O) groups excluding carboxylic acids is 4. The third kappa shape index (κ3) is 4.73. The largest absolute Gasteiger partial charge is 0.481 e. The van der Waals surface area contributed by atoms with Gasteiger partial charge in [0.2, 0.25) is 5.91 Å². The van der Waals surface area contributed by atoms with E-state index in [1.54, 1.807) is 47.4 Å². The Hall–Kier alpha value is -3.72. The number of imide groups is 1. The summed E-state index contributed by atoms with van der Waals surface area (Å²) in [6, 6.07) is 11.9. The van der Waals surface area contributed by atoms with E-state index in [9.17, 15) is 19.2 Å². The summed E-state index contributed by atoms with van der Waals surface area (Å²) in [7, 11) is 3.89. The Bertz CT molecular complexity index is 1080. The van der Waals surface area contributed by atoms with Crippen LogP contribution in [0.5, 0.6) is 5.75 Å². The molecule has 0 saturated heterocycles. The Labute approximate surface area is 191 Å². The summed E-state index contributed by atoms with van der Waals surface area (Å²) in [6.45, 7) is 1.40. The van der Waals surface area contributed by atoms with E-state index in [0.29, 0.717) is 41.2 Å². The SMILES string of the molecule is CN(C)CCN1C(=O)COc2cc(NC(=O)CCCN3C(=O)c4ccccc4C3=O)ccc21. The average molecular weight is 450 g/mol. The fraction of sp³-hybridized carbons (Fsp3) is 0.333. The molecule has 0 radical (unpaired) electrons. The van der Waals surface area contributed by atoms with Crippen LogP contribution in [0.1, 0.15) is 33.6 Å². The van der Waals surface area contributed by atoms with Crippen molar-refractivity contribution in [3.05, 3.63) is 53.6 Å². The predicted molar refractivity (Wildman–Crippen MR) is 123 cm³/mol. The van der Waals surface area contributed by atoms with Crippen molar-refractivity contribution in [2.75, 3.05) is 50.6 Å². The lowest BCUT2D eigenvalue weighted by molar-refractivity contribution is -0.121. The number of nitrogens with zero attached hydrogens (tertiary/aromatic N) is 3. The molecule has 2 aromatic carbocycles. The van der Waals surface area contributed by atoms with Crippen molar-refractivity contribution in [2.45, 2.75) is 12.8 Å². The summed E-state index contributed by atoms with van der Waals surface area (Å²) >= 11 is 0. The number of likely N-dealkylation sites (N-methyl/N-ethyl adjacent to an activating group) is 1. The number of anilines is 2. The van der Waals surface area contributed by atoms with E-state index in [2.05, 4.69) is 5.32 Å². The number of ether oxygens (including phenoxy) is 1. The molecular formula is C24H26N4O5. The second kappa shape index (κ2) is 9.41. The first kappa shape index (κ1) is 22.5. The monoisotopic (exact) mass is 450 g/mol. The standard InChI is InChI=1S/C24H26N4O5/c1-26(2)12-13-27-19-10-9-16(14-20(19)33-15-22(27)30)25-21(29)8-5-11-28-23(31)17-6-3-4-7-18(17)24(28)32/h3-4,6-7,9-10,14H,5,8,11-13,15H2,1-2H3,(H,25,29). The Morgan fingerprint density at radius 1 is 1.00 bits per heavy atom. The molecule has 9 heteroatoms. The highest BCUT2D eigenvalue weighted by atomic mass is 16.5. The molecular weight excluding hydrogens is 424 g/mol. The third-order valence-electron chi connectivity index (χ3n) is 5.62. The van der Waals surface area contributed by atoms with E-state index in [-0.39, 0.29) is 43.2 Å². The number of hydrogen-bond donors (Lipinski definition) is 1. The molecule has 2 aliphatic heterocycles. The highest BCUT2D eigenvalue weighted by molar-refractivity contribution is 6.21. The summed E-state index contributed by atoms with van der Waals surface area (Å²) in [5.74, 6) is -0.443. The molecule has 0 fully saturated rings. The topological polar surface area (TPSA) is 99.3 Å². The summed E-state index contributed by atoms with van der Waals surface area (Å²) in [4.78, 5) is 54.3. The van der Waals surface area contributed by atoms with Crippen LogP contribution in [0.3, 0.4) is 0 Å². The second-order valence-corrected chi connectivity index (χ2v) is 8.28. The van der Waals surface area contributed by atoms with Gasteiger partial charge in [-0.15, -0.1) is 0 Å². The van der Waals surface area contributed by atoms with E-state index < -0.39 is 0 Å². The molecule has 2 heterocycles. The van der Waals surface area contributed by atoms with Gasteiger partial charge in [0, 0.05) is 37.8 Å². The van der Waals surface area contributed by atoms with Gasteiger partial charge in [-0.25, -0.2) is 0 Å². The van der Waals surface area contributed by atoms with Gasteiger partial charge in [0.15, 0.2) is 6.61 Å². The third-order valence-corrected chi connectivity index (χ3v) is 5.62. The molecule has 0 atom stereocenters. The van der Waals surface area contributed by atoms with Gasteiger partial charge in [0.25, 0.3) is 17.7 Å². The maximum atomic E-state index is 12.4. The van der Waals surface area contributed by atoms with Crippen LogP contribution in [0.2, 0.25) is 0 Å². The first-order valence-corrected chi connectivity index (χ1v) is 10.8. The average Bonchev–Trinajstić information content (AvgIpc) is 3.03. The number of rotatable bonds is 8. The lowest BCUT2D eigenvalue weighted by Crippen LogP contribution is -2.42. The van der Waals surface area contributed by atoms with E-state index in [1.165, 1.54) is 4.90 Å². The fourth-order valence-electron chi connectivity index (χ4n) is 3.89. The van der Waals surface area contributed by atoms with Crippen molar-refractivity contribution in [3.63, 3.8) is 0 Å². The van der Waals surface area contributed by atoms with Crippen LogP contribution in [-0.2, 0) is 9.59 Å². The van der Waals surface area contributed by atoms with Gasteiger partial charge in [-0.1, -0.05) is 12.1 Å². The molecule has 0 saturated carbocycles. The molecule has 0 aliphatic carbocycles. The molecule has 0 spiro atoms. The molecule has 2 aromatic rings. The molecule has 33 heavy (non-hydrogen) atoms. The summed E-state index contributed by atoms with van der Waals surface area (Å²) in [5, 5.41) is 2.81. The van der Waals surface area contributed by atoms with Crippen molar-refractivity contribution in [2.24, 2.45) is 0 Å². The van der Waals surface area contributed by atoms with Crippen LogP contribution in [0, 0.1) is 0 Å². The molecule has 0 unspecified atom stereocenters. The number of fused-ring (bicyclic) bond motifs is 2. The molecule has 0 aromatic heterocycles. The van der Waals surface area contributed by atoms with Crippen molar-refractivity contribution >= 4 is 35.0 Å². The van der Waals surface area contributed by atoms with Gasteiger partial charge in [-0.3, -0.25) is 24.1 Å². The van der Waals surface area contributed by atoms with Crippen LogP contribution < -0.4 is 15.0 Å². The fourth-order valence-corrected chi connectivity index (χ4v) is 3.89. The van der Waals surface area contributed by atoms with Crippen LogP contribution >= 0.6 is 0 Å². The van der Waals surface area contributed by atoms with E-state index in [0.717, 1.165) is 6.54 Å². The van der Waals surface area contributed by atoms with E-state index in [4.69, 9.17) is 4.74 Å². The predicted octanol–water partition coefficient (Wildman–Crippen LogP) is 1.99. The number of carbonyl (C=O) groups is 4. The number of hydrogen-bond acceptors (Lipinski definition) is 6. The minimum Gasteiger partial charge on any atom is -0.481 e. The highest BCUT2D eigenvalue weighted by Gasteiger charge is 2.34. The van der Waals surface area contributed by atoms with Crippen LogP contribution in [0.4, 0.5) is 11.4 Å². The zero-order chi connectivity index (χ0) is 23.5. The summed E-state index contributed by atoms with van der Waals surface area (Å²) < 4.78 is 5.56. The molecule has 4 rings (SSSR count). The van der Waals surface area contributed by atoms with Crippen LogP contribution in [0.15, 0.2) is 42.5 Å². The first-order chi connectivity index (χ1) is 15.8. The molecule has 9 nitrogen and oxygen atoms in total. The van der Waals surface area contributed by atoms with Crippen molar-refractivity contribution in [3.8, 4) is 5.75 Å². The van der Waals surface area contributed by atoms with Crippen molar-refractivity contribution in [1.82, 2.24) is 9.80 Å². The molecule has 1 N–H and O–H groups in total. The van der Waals surface area contributed by atoms with E-state index in [1.807, 2.05) is 19.0 Å². The lowest BCUT2D eigenvalue weighted by Gasteiger charge is -2.30. The lowest BCUT2D eigenvalue weighted by atomic mass is 10.1. The van der Waals surface area contributed by atoms with Gasteiger partial charge in [0.1, 0.15) is 5.75 Å². The van der Waals surface area contributed by atoms with Gasteiger partial charge < -0.3 is 19.9 Å². The minimum absolute atomic E-state index is 0.0435. The van der Waals surface area contributed by atoms with Gasteiger partial charge in [-0.05, 0) is 44.8 Å². The van der Waals surface area contributed by atoms with Crippen molar-refractivity contribution < 1.29 is 23.9 Å². The van der Waals surface area contributed by atoms with Crippen LogP contribution in [-0.4, -0.2) is 73.8 Å². The van der Waals surface area contributed by atoms with Gasteiger partial charge in [0.05, 0.1) is 16.8 Å². The Morgan fingerprint density at radius 2 is 1.70 bits per heavy atom. The molecule has 2 aliphatic rings. The van der Waals surface area contributed by atoms with Gasteiger partial charge in [-0.2, -0.15) is 0 Å². The van der Waals surface area contributed by atoms with E-state index >= 15 is 0 Å². The summed E-state index contributed by atoms with van der Waals surface area (Å²) in [5.41, 5.74) is 2.04. The normalized spacial score (nSPS) is 14.9. The maximum absolute atomic E-state index is 12.4.